The lowest BCUT2D eigenvalue weighted by molar-refractivity contribution is 0.102. The van der Waals surface area contributed by atoms with Crippen molar-refractivity contribution in [2.75, 3.05) is 11.9 Å². The Bertz CT molecular complexity index is 1290. The minimum atomic E-state index is -0.0483. The number of anilines is 1. The summed E-state index contributed by atoms with van der Waals surface area (Å²) in [4.78, 5) is 22.1. The SMILES string of the molecule is Cc1ccc(C)c(C(=O)Nc2sc3c(c2-c2nc4ccccc4s2)CCN(C(C)C)C3)c1. The Hall–Kier alpha value is -2.54. The third-order valence-electron chi connectivity index (χ3n) is 6.19. The second-order valence-electron chi connectivity index (χ2n) is 8.78. The summed E-state index contributed by atoms with van der Waals surface area (Å²) in [5.41, 5.74) is 6.29. The summed E-state index contributed by atoms with van der Waals surface area (Å²) in [7, 11) is 0. The molecule has 0 saturated carbocycles. The molecule has 4 aromatic rings. The van der Waals surface area contributed by atoms with Crippen molar-refractivity contribution >= 4 is 43.8 Å². The van der Waals surface area contributed by atoms with Crippen molar-refractivity contribution in [2.24, 2.45) is 0 Å². The molecular formula is C26H27N3OS2. The Labute approximate surface area is 196 Å². The number of benzene rings is 2. The molecule has 0 fully saturated rings. The maximum atomic E-state index is 13.3. The molecule has 0 aliphatic carbocycles. The molecule has 0 saturated heterocycles. The second-order valence-corrected chi connectivity index (χ2v) is 10.9. The Morgan fingerprint density at radius 3 is 2.72 bits per heavy atom. The smallest absolute Gasteiger partial charge is 0.256 e. The summed E-state index contributed by atoms with van der Waals surface area (Å²) < 4.78 is 1.17. The van der Waals surface area contributed by atoms with Crippen LogP contribution in [0.25, 0.3) is 20.8 Å². The van der Waals surface area contributed by atoms with E-state index >= 15 is 0 Å². The van der Waals surface area contributed by atoms with Gasteiger partial charge < -0.3 is 5.32 Å². The zero-order valence-electron chi connectivity index (χ0n) is 18.9. The molecule has 6 heteroatoms. The Morgan fingerprint density at radius 1 is 1.12 bits per heavy atom. The van der Waals surface area contributed by atoms with Crippen LogP contribution >= 0.6 is 22.7 Å². The van der Waals surface area contributed by atoms with Crippen LogP contribution in [0.3, 0.4) is 0 Å². The van der Waals surface area contributed by atoms with Crippen molar-refractivity contribution in [3.05, 3.63) is 69.6 Å². The predicted molar refractivity (Wildman–Crippen MR) is 136 cm³/mol. The Kier molecular flexibility index (Phi) is 5.61. The number of fused-ring (bicyclic) bond motifs is 2. The van der Waals surface area contributed by atoms with Gasteiger partial charge in [0.25, 0.3) is 5.91 Å². The second kappa shape index (κ2) is 8.43. The number of hydrogen-bond donors (Lipinski definition) is 1. The number of nitrogens with zero attached hydrogens (tertiary/aromatic N) is 2. The van der Waals surface area contributed by atoms with Gasteiger partial charge in [0.05, 0.1) is 10.2 Å². The molecule has 0 radical (unpaired) electrons. The van der Waals surface area contributed by atoms with E-state index in [0.29, 0.717) is 6.04 Å². The zero-order valence-corrected chi connectivity index (χ0v) is 20.5. The minimum Gasteiger partial charge on any atom is -0.313 e. The molecule has 1 aliphatic rings. The number of thiazole rings is 1. The molecule has 1 N–H and O–H groups in total. The monoisotopic (exact) mass is 461 g/mol. The van der Waals surface area contributed by atoms with Gasteiger partial charge in [-0.3, -0.25) is 9.69 Å². The van der Waals surface area contributed by atoms with Crippen molar-refractivity contribution in [2.45, 2.75) is 46.7 Å². The molecule has 164 valence electrons. The van der Waals surface area contributed by atoms with E-state index in [4.69, 9.17) is 4.98 Å². The first-order valence-corrected chi connectivity index (χ1v) is 12.7. The number of carbonyl (C=O) groups is 1. The summed E-state index contributed by atoms with van der Waals surface area (Å²) in [5, 5.41) is 5.19. The molecule has 1 amide bonds. The van der Waals surface area contributed by atoms with Crippen LogP contribution in [-0.2, 0) is 13.0 Å². The van der Waals surface area contributed by atoms with Gasteiger partial charge in [0.15, 0.2) is 0 Å². The summed E-state index contributed by atoms with van der Waals surface area (Å²) in [6.45, 7) is 10.5. The van der Waals surface area contributed by atoms with E-state index < -0.39 is 0 Å². The topological polar surface area (TPSA) is 45.2 Å². The van der Waals surface area contributed by atoms with Crippen LogP contribution in [0.4, 0.5) is 5.00 Å². The first-order chi connectivity index (χ1) is 15.4. The molecule has 5 rings (SSSR count). The van der Waals surface area contributed by atoms with Crippen molar-refractivity contribution in [1.29, 1.82) is 0 Å². The van der Waals surface area contributed by atoms with Gasteiger partial charge in [-0.15, -0.1) is 22.7 Å². The van der Waals surface area contributed by atoms with Crippen molar-refractivity contribution in [1.82, 2.24) is 9.88 Å². The highest BCUT2D eigenvalue weighted by Crippen LogP contribution is 2.46. The molecule has 0 atom stereocenters. The van der Waals surface area contributed by atoms with E-state index in [1.165, 1.54) is 15.1 Å². The fourth-order valence-electron chi connectivity index (χ4n) is 4.31. The van der Waals surface area contributed by atoms with Gasteiger partial charge in [-0.05, 0) is 63.4 Å². The maximum absolute atomic E-state index is 13.3. The Balaban J connectivity index is 1.60. The predicted octanol–water partition coefficient (Wildman–Crippen LogP) is 6.66. The van der Waals surface area contributed by atoms with Gasteiger partial charge >= 0.3 is 0 Å². The minimum absolute atomic E-state index is 0.0483. The number of thiophene rings is 1. The summed E-state index contributed by atoms with van der Waals surface area (Å²) >= 11 is 3.42. The van der Waals surface area contributed by atoms with Crippen LogP contribution in [0.15, 0.2) is 42.5 Å². The van der Waals surface area contributed by atoms with Crippen LogP contribution in [0.1, 0.15) is 45.8 Å². The zero-order chi connectivity index (χ0) is 22.4. The fourth-order valence-corrected chi connectivity index (χ4v) is 6.69. The van der Waals surface area contributed by atoms with Crippen LogP contribution in [0.2, 0.25) is 0 Å². The van der Waals surface area contributed by atoms with Gasteiger partial charge in [0, 0.05) is 35.1 Å². The van der Waals surface area contributed by atoms with E-state index in [1.54, 1.807) is 22.7 Å². The third-order valence-corrected chi connectivity index (χ3v) is 8.38. The molecule has 2 aromatic heterocycles. The van der Waals surface area contributed by atoms with E-state index in [0.717, 1.165) is 57.3 Å². The number of para-hydroxylation sites is 1. The van der Waals surface area contributed by atoms with Crippen LogP contribution < -0.4 is 5.32 Å². The standard InChI is InChI=1S/C26H27N3OS2/c1-15(2)29-12-11-18-22(14-29)32-26(28-24(30)19-13-16(3)9-10-17(19)4)23(18)25-27-20-7-5-6-8-21(20)31-25/h5-10,13,15H,11-12,14H2,1-4H3,(H,28,30). The maximum Gasteiger partial charge on any atom is 0.256 e. The molecule has 2 aromatic carbocycles. The van der Waals surface area contributed by atoms with E-state index in [2.05, 4.69) is 42.3 Å². The van der Waals surface area contributed by atoms with Gasteiger partial charge in [-0.25, -0.2) is 4.98 Å². The highest BCUT2D eigenvalue weighted by molar-refractivity contribution is 7.23. The molecule has 0 unspecified atom stereocenters. The van der Waals surface area contributed by atoms with Crippen molar-refractivity contribution in [3.8, 4) is 10.6 Å². The molecule has 4 nitrogen and oxygen atoms in total. The highest BCUT2D eigenvalue weighted by Gasteiger charge is 2.28. The third kappa shape index (κ3) is 3.87. The van der Waals surface area contributed by atoms with Gasteiger partial charge in [0.2, 0.25) is 0 Å². The average molecular weight is 462 g/mol. The number of aryl methyl sites for hydroxylation is 2. The van der Waals surface area contributed by atoms with Crippen LogP contribution in [0, 0.1) is 13.8 Å². The van der Waals surface area contributed by atoms with Gasteiger partial charge in [-0.1, -0.05) is 29.8 Å². The lowest BCUT2D eigenvalue weighted by Crippen LogP contribution is -2.35. The first kappa shape index (κ1) is 21.3. The normalized spacial score (nSPS) is 14.2. The van der Waals surface area contributed by atoms with E-state index in [1.807, 2.05) is 38.1 Å². The van der Waals surface area contributed by atoms with Crippen molar-refractivity contribution in [3.63, 3.8) is 0 Å². The molecule has 1 aliphatic heterocycles. The average Bonchev–Trinajstić information content (AvgIpc) is 3.35. The largest absolute Gasteiger partial charge is 0.313 e. The molecular weight excluding hydrogens is 434 g/mol. The number of hydrogen-bond acceptors (Lipinski definition) is 5. The number of rotatable bonds is 4. The lowest BCUT2D eigenvalue weighted by atomic mass is 10.0. The molecule has 32 heavy (non-hydrogen) atoms. The fraction of sp³-hybridized carbons (Fsp3) is 0.308. The molecule has 3 heterocycles. The number of aromatic nitrogens is 1. The van der Waals surface area contributed by atoms with Gasteiger partial charge in [0.1, 0.15) is 10.0 Å². The number of nitrogens with one attached hydrogen (secondary N) is 1. The quantitative estimate of drug-likeness (QED) is 0.370. The van der Waals surface area contributed by atoms with E-state index in [-0.39, 0.29) is 5.91 Å². The van der Waals surface area contributed by atoms with E-state index in [9.17, 15) is 4.79 Å². The lowest BCUT2D eigenvalue weighted by Gasteiger charge is -2.30. The molecule has 0 spiro atoms. The summed E-state index contributed by atoms with van der Waals surface area (Å²) in [5.74, 6) is -0.0483. The number of amides is 1. The first-order valence-electron chi connectivity index (χ1n) is 11.0. The highest BCUT2D eigenvalue weighted by atomic mass is 32.1. The summed E-state index contributed by atoms with van der Waals surface area (Å²) in [6.07, 6.45) is 0.981. The van der Waals surface area contributed by atoms with Crippen molar-refractivity contribution < 1.29 is 4.79 Å². The van der Waals surface area contributed by atoms with Crippen LogP contribution in [-0.4, -0.2) is 28.4 Å². The van der Waals surface area contributed by atoms with Gasteiger partial charge in [-0.2, -0.15) is 0 Å². The Morgan fingerprint density at radius 2 is 1.94 bits per heavy atom. The molecule has 0 bridgehead atoms. The summed E-state index contributed by atoms with van der Waals surface area (Å²) in [6, 6.07) is 14.8. The number of carbonyl (C=O) groups excluding carboxylic acids is 1. The van der Waals surface area contributed by atoms with Crippen LogP contribution in [0.5, 0.6) is 0 Å².